The van der Waals surface area contributed by atoms with Crippen molar-refractivity contribution in [2.24, 2.45) is 0 Å². The van der Waals surface area contributed by atoms with Crippen LogP contribution >= 0.6 is 0 Å². The van der Waals surface area contributed by atoms with E-state index in [-0.39, 0.29) is 17.9 Å². The van der Waals surface area contributed by atoms with Crippen molar-refractivity contribution < 1.29 is 18.7 Å². The van der Waals surface area contributed by atoms with Crippen LogP contribution < -0.4 is 4.90 Å². The fraction of sp³-hybridized carbons (Fsp3) is 0.130. The van der Waals surface area contributed by atoms with Crippen molar-refractivity contribution in [3.63, 3.8) is 0 Å². The van der Waals surface area contributed by atoms with Gasteiger partial charge in [0.25, 0.3) is 5.91 Å². The van der Waals surface area contributed by atoms with E-state index in [1.807, 2.05) is 60.7 Å². The third-order valence-electron chi connectivity index (χ3n) is 4.20. The van der Waals surface area contributed by atoms with Crippen molar-refractivity contribution in [1.29, 1.82) is 0 Å². The number of hydrogen-bond donors (Lipinski definition) is 0. The fourth-order valence-corrected chi connectivity index (χ4v) is 2.77. The van der Waals surface area contributed by atoms with Gasteiger partial charge < -0.3 is 9.64 Å². The number of rotatable bonds is 7. The SMILES string of the molecule is O=C(Cc1ccccc1F)OCC(=O)N(Cc1ccccc1)c1ccccc1. The van der Waals surface area contributed by atoms with Crippen LogP contribution in [0.1, 0.15) is 11.1 Å². The van der Waals surface area contributed by atoms with E-state index in [1.165, 1.54) is 12.1 Å². The quantitative estimate of drug-likeness (QED) is 0.581. The van der Waals surface area contributed by atoms with Crippen molar-refractivity contribution in [2.75, 3.05) is 11.5 Å². The molecule has 0 saturated heterocycles. The van der Waals surface area contributed by atoms with Crippen molar-refractivity contribution in [3.05, 3.63) is 102 Å². The third kappa shape index (κ3) is 5.27. The first-order valence-electron chi connectivity index (χ1n) is 8.92. The van der Waals surface area contributed by atoms with Crippen LogP contribution in [-0.4, -0.2) is 18.5 Å². The predicted octanol–water partition coefficient (Wildman–Crippen LogP) is 4.14. The molecule has 0 unspecified atom stereocenters. The second-order valence-corrected chi connectivity index (χ2v) is 6.23. The van der Waals surface area contributed by atoms with E-state index in [9.17, 15) is 14.0 Å². The van der Waals surface area contributed by atoms with E-state index < -0.39 is 18.4 Å². The lowest BCUT2D eigenvalue weighted by molar-refractivity contribution is -0.147. The van der Waals surface area contributed by atoms with Gasteiger partial charge in [0.2, 0.25) is 0 Å². The van der Waals surface area contributed by atoms with Crippen LogP contribution in [0.3, 0.4) is 0 Å². The maximum atomic E-state index is 13.7. The third-order valence-corrected chi connectivity index (χ3v) is 4.20. The Morgan fingerprint density at radius 2 is 1.43 bits per heavy atom. The molecule has 5 heteroatoms. The van der Waals surface area contributed by atoms with Crippen molar-refractivity contribution in [1.82, 2.24) is 0 Å². The van der Waals surface area contributed by atoms with Crippen LogP contribution in [0.4, 0.5) is 10.1 Å². The number of hydrogen-bond acceptors (Lipinski definition) is 3. The smallest absolute Gasteiger partial charge is 0.310 e. The van der Waals surface area contributed by atoms with Gasteiger partial charge in [0.15, 0.2) is 6.61 Å². The van der Waals surface area contributed by atoms with E-state index in [0.29, 0.717) is 12.2 Å². The molecule has 0 fully saturated rings. The Labute approximate surface area is 163 Å². The molecule has 1 amide bonds. The Morgan fingerprint density at radius 1 is 0.821 bits per heavy atom. The Bertz CT molecular complexity index is 929. The molecule has 3 aromatic carbocycles. The van der Waals surface area contributed by atoms with Gasteiger partial charge in [-0.15, -0.1) is 0 Å². The summed E-state index contributed by atoms with van der Waals surface area (Å²) in [6, 6.07) is 24.7. The minimum Gasteiger partial charge on any atom is -0.455 e. The number of carbonyl (C=O) groups is 2. The molecule has 3 rings (SSSR count). The van der Waals surface area contributed by atoms with E-state index in [4.69, 9.17) is 4.74 Å². The number of halogens is 1. The molecule has 0 aliphatic rings. The molecule has 0 bridgehead atoms. The Kier molecular flexibility index (Phi) is 6.52. The highest BCUT2D eigenvalue weighted by Crippen LogP contribution is 2.17. The van der Waals surface area contributed by atoms with Gasteiger partial charge in [-0.25, -0.2) is 4.39 Å². The van der Waals surface area contributed by atoms with Gasteiger partial charge >= 0.3 is 5.97 Å². The van der Waals surface area contributed by atoms with Crippen molar-refractivity contribution in [3.8, 4) is 0 Å². The average molecular weight is 377 g/mol. The zero-order valence-corrected chi connectivity index (χ0v) is 15.3. The van der Waals surface area contributed by atoms with Crippen LogP contribution in [-0.2, 0) is 27.3 Å². The van der Waals surface area contributed by atoms with Gasteiger partial charge in [0.1, 0.15) is 5.82 Å². The number of esters is 1. The molecule has 0 spiro atoms. The Morgan fingerprint density at radius 3 is 2.11 bits per heavy atom. The lowest BCUT2D eigenvalue weighted by Crippen LogP contribution is -2.34. The van der Waals surface area contributed by atoms with E-state index >= 15 is 0 Å². The van der Waals surface area contributed by atoms with Crippen molar-refractivity contribution >= 4 is 17.6 Å². The molecule has 0 atom stereocenters. The number of para-hydroxylation sites is 1. The molecule has 0 radical (unpaired) electrons. The van der Waals surface area contributed by atoms with Gasteiger partial charge in [-0.3, -0.25) is 9.59 Å². The second kappa shape index (κ2) is 9.46. The molecule has 28 heavy (non-hydrogen) atoms. The molecular weight excluding hydrogens is 357 g/mol. The molecular formula is C23H20FNO3. The fourth-order valence-electron chi connectivity index (χ4n) is 2.77. The normalized spacial score (nSPS) is 10.3. The summed E-state index contributed by atoms with van der Waals surface area (Å²) in [7, 11) is 0. The summed E-state index contributed by atoms with van der Waals surface area (Å²) < 4.78 is 18.8. The highest BCUT2D eigenvalue weighted by molar-refractivity contribution is 5.95. The monoisotopic (exact) mass is 377 g/mol. The maximum Gasteiger partial charge on any atom is 0.310 e. The second-order valence-electron chi connectivity index (χ2n) is 6.23. The predicted molar refractivity (Wildman–Crippen MR) is 105 cm³/mol. The lowest BCUT2D eigenvalue weighted by atomic mass is 10.1. The van der Waals surface area contributed by atoms with Gasteiger partial charge in [0.05, 0.1) is 13.0 Å². The van der Waals surface area contributed by atoms with Crippen LogP contribution in [0, 0.1) is 5.82 Å². The zero-order valence-electron chi connectivity index (χ0n) is 15.3. The van der Waals surface area contributed by atoms with Gasteiger partial charge in [-0.1, -0.05) is 66.7 Å². The molecule has 3 aromatic rings. The first-order chi connectivity index (χ1) is 13.6. The zero-order chi connectivity index (χ0) is 19.8. The number of amides is 1. The molecule has 4 nitrogen and oxygen atoms in total. The highest BCUT2D eigenvalue weighted by atomic mass is 19.1. The van der Waals surface area contributed by atoms with E-state index in [0.717, 1.165) is 5.56 Å². The number of nitrogens with zero attached hydrogens (tertiary/aromatic N) is 1. The molecule has 0 aromatic heterocycles. The van der Waals surface area contributed by atoms with Crippen molar-refractivity contribution in [2.45, 2.75) is 13.0 Å². The van der Waals surface area contributed by atoms with Gasteiger partial charge in [-0.2, -0.15) is 0 Å². The number of carbonyl (C=O) groups excluding carboxylic acids is 2. The molecule has 0 N–H and O–H groups in total. The number of benzene rings is 3. The van der Waals surface area contributed by atoms with Gasteiger partial charge in [0, 0.05) is 5.69 Å². The Balaban J connectivity index is 1.66. The summed E-state index contributed by atoms with van der Waals surface area (Å²) in [6.45, 7) is -0.0520. The summed E-state index contributed by atoms with van der Waals surface area (Å²) in [5.74, 6) is -1.47. The maximum absolute atomic E-state index is 13.7. The summed E-state index contributed by atoms with van der Waals surface area (Å²) >= 11 is 0. The summed E-state index contributed by atoms with van der Waals surface area (Å²) in [4.78, 5) is 26.3. The minimum absolute atomic E-state index is 0.218. The first-order valence-corrected chi connectivity index (χ1v) is 8.92. The van der Waals surface area contributed by atoms with Crippen LogP contribution in [0.2, 0.25) is 0 Å². The van der Waals surface area contributed by atoms with E-state index in [2.05, 4.69) is 0 Å². The topological polar surface area (TPSA) is 46.6 Å². The van der Waals surface area contributed by atoms with E-state index in [1.54, 1.807) is 17.0 Å². The van der Waals surface area contributed by atoms with Crippen LogP contribution in [0.15, 0.2) is 84.9 Å². The molecule has 0 heterocycles. The molecule has 0 aliphatic carbocycles. The number of ether oxygens (including phenoxy) is 1. The standard InChI is InChI=1S/C23H20FNO3/c24-21-14-8-7-11-19(21)15-23(27)28-17-22(26)25(20-12-5-2-6-13-20)16-18-9-3-1-4-10-18/h1-14H,15-17H2. The highest BCUT2D eigenvalue weighted by Gasteiger charge is 2.18. The molecule has 0 saturated carbocycles. The first kappa shape index (κ1) is 19.3. The van der Waals surface area contributed by atoms with Crippen LogP contribution in [0.5, 0.6) is 0 Å². The van der Waals surface area contributed by atoms with Gasteiger partial charge in [-0.05, 0) is 29.3 Å². The summed E-state index contributed by atoms with van der Waals surface area (Å²) in [5.41, 5.74) is 1.91. The average Bonchev–Trinajstić information content (AvgIpc) is 2.73. The minimum atomic E-state index is -0.647. The molecule has 142 valence electrons. The van der Waals surface area contributed by atoms with Crippen LogP contribution in [0.25, 0.3) is 0 Å². The lowest BCUT2D eigenvalue weighted by Gasteiger charge is -2.23. The summed E-state index contributed by atoms with van der Waals surface area (Å²) in [5, 5.41) is 0. The Hall–Kier alpha value is -3.47. The largest absolute Gasteiger partial charge is 0.455 e. The number of anilines is 1. The molecule has 0 aliphatic heterocycles. The summed E-state index contributed by atoms with van der Waals surface area (Å²) in [6.07, 6.45) is -0.218.